The van der Waals surface area contributed by atoms with Crippen molar-refractivity contribution in [3.8, 4) is 11.5 Å². The van der Waals surface area contributed by atoms with Gasteiger partial charge in [0.2, 0.25) is 5.75 Å². The van der Waals surface area contributed by atoms with E-state index in [1.54, 1.807) is 0 Å². The van der Waals surface area contributed by atoms with E-state index in [-0.39, 0.29) is 0 Å². The number of methoxy groups -OCH3 is 1. The lowest BCUT2D eigenvalue weighted by Gasteiger charge is -2.13. The summed E-state index contributed by atoms with van der Waals surface area (Å²) < 4.78 is 44.6. The van der Waals surface area contributed by atoms with Crippen molar-refractivity contribution in [3.63, 3.8) is 0 Å². The lowest BCUT2D eigenvalue weighted by Crippen LogP contribution is -2.19. The van der Waals surface area contributed by atoms with E-state index >= 15 is 0 Å². The Balaban J connectivity index is 3.43. The first-order chi connectivity index (χ1) is 9.15. The molecule has 1 rings (SSSR count). The molecule has 8 nitrogen and oxygen atoms in total. The van der Waals surface area contributed by atoms with E-state index in [2.05, 4.69) is 14.5 Å². The molecule has 0 bridgehead atoms. The third kappa shape index (κ3) is 3.70. The minimum atomic E-state index is -5.08. The Kier molecular flexibility index (Phi) is 4.32. The van der Waals surface area contributed by atoms with Crippen LogP contribution >= 0.6 is 0 Å². The summed E-state index contributed by atoms with van der Waals surface area (Å²) in [5.41, 5.74) is -0.619. The second-order valence-corrected chi connectivity index (χ2v) is 3.33. The molecule has 1 aromatic heterocycles. The van der Waals surface area contributed by atoms with Crippen LogP contribution in [0, 0.1) is 10.1 Å². The molecule has 0 aliphatic carbocycles. The number of carboxylic acid groups (broad SMARTS) is 1. The molecule has 110 valence electrons. The number of halogens is 3. The number of nitro groups is 1. The number of carbonyl (C=O) groups is 1. The number of aromatic nitrogens is 1. The van der Waals surface area contributed by atoms with Crippen LogP contribution in [-0.2, 0) is 11.2 Å². The maximum atomic E-state index is 12.2. The van der Waals surface area contributed by atoms with Gasteiger partial charge >= 0.3 is 18.1 Å². The van der Waals surface area contributed by atoms with Gasteiger partial charge in [0, 0.05) is 0 Å². The van der Waals surface area contributed by atoms with Crippen molar-refractivity contribution in [2.24, 2.45) is 0 Å². The van der Waals surface area contributed by atoms with Crippen LogP contribution in [0.1, 0.15) is 5.56 Å². The van der Waals surface area contributed by atoms with Gasteiger partial charge < -0.3 is 24.7 Å². The summed E-state index contributed by atoms with van der Waals surface area (Å²) in [6, 6.07) is 0. The number of aliphatic carboxylic acids is 1. The molecule has 1 N–H and O–H groups in total. The maximum Gasteiger partial charge on any atom is 0.573 e. The normalized spacial score (nSPS) is 11.0. The molecule has 1 heterocycles. The Morgan fingerprint density at radius 2 is 2.15 bits per heavy atom. The number of hydrogen-bond donors (Lipinski definition) is 1. The van der Waals surface area contributed by atoms with Crippen molar-refractivity contribution in [2.75, 3.05) is 7.11 Å². The molecule has 0 fully saturated rings. The number of carboxylic acids is 1. The van der Waals surface area contributed by atoms with E-state index in [0.717, 1.165) is 7.11 Å². The Morgan fingerprint density at radius 3 is 2.55 bits per heavy atom. The number of hydrogen-bond acceptors (Lipinski definition) is 6. The van der Waals surface area contributed by atoms with Crippen LogP contribution in [0.2, 0.25) is 0 Å². The average Bonchev–Trinajstić information content (AvgIpc) is 2.25. The highest BCUT2D eigenvalue weighted by atomic mass is 19.4. The van der Waals surface area contributed by atoms with Gasteiger partial charge in [-0.05, 0) is 9.91 Å². The van der Waals surface area contributed by atoms with Gasteiger partial charge in [-0.15, -0.1) is 13.2 Å². The maximum absolute atomic E-state index is 12.2. The molecule has 20 heavy (non-hydrogen) atoms. The monoisotopic (exact) mass is 296 g/mol. The minimum absolute atomic E-state index is 0.440. The highest BCUT2D eigenvalue weighted by molar-refractivity contribution is 5.74. The number of nitrogens with zero attached hydrogens (tertiary/aromatic N) is 2. The van der Waals surface area contributed by atoms with Crippen LogP contribution < -0.4 is 9.47 Å². The molecule has 0 spiro atoms. The van der Waals surface area contributed by atoms with Gasteiger partial charge in [0.1, 0.15) is 5.56 Å². The second kappa shape index (κ2) is 5.59. The second-order valence-electron chi connectivity index (χ2n) is 3.33. The number of ether oxygens (including phenoxy) is 2. The summed E-state index contributed by atoms with van der Waals surface area (Å²) >= 11 is 0. The van der Waals surface area contributed by atoms with Crippen LogP contribution in [-0.4, -0.2) is 34.5 Å². The number of alkyl halides is 3. The zero-order valence-electron chi connectivity index (χ0n) is 9.80. The molecule has 0 atom stereocenters. The van der Waals surface area contributed by atoms with Crippen molar-refractivity contribution in [1.82, 2.24) is 4.98 Å². The third-order valence-electron chi connectivity index (χ3n) is 2.00. The zero-order chi connectivity index (χ0) is 15.5. The van der Waals surface area contributed by atoms with E-state index < -0.39 is 46.6 Å². The van der Waals surface area contributed by atoms with Crippen LogP contribution in [0.25, 0.3) is 0 Å². The summed E-state index contributed by atoms with van der Waals surface area (Å²) in [5, 5.41) is 19.3. The Labute approximate surface area is 108 Å². The Morgan fingerprint density at radius 1 is 1.55 bits per heavy atom. The molecule has 11 heteroatoms. The molecule has 0 aliphatic rings. The Hall–Kier alpha value is -2.59. The molecule has 0 amide bonds. The van der Waals surface area contributed by atoms with E-state index in [1.165, 1.54) is 0 Å². The summed E-state index contributed by atoms with van der Waals surface area (Å²) in [6.07, 6.45) is -5.58. The van der Waals surface area contributed by atoms with Crippen LogP contribution in [0.5, 0.6) is 11.5 Å². The van der Waals surface area contributed by atoms with Gasteiger partial charge in [-0.25, -0.2) is 0 Å². The molecule has 0 saturated carbocycles. The summed E-state index contributed by atoms with van der Waals surface area (Å²) in [5.74, 6) is -4.08. The molecule has 0 radical (unpaired) electrons. The lowest BCUT2D eigenvalue weighted by molar-refractivity contribution is -0.390. The fourth-order valence-corrected chi connectivity index (χ4v) is 1.40. The number of pyridine rings is 1. The predicted molar refractivity (Wildman–Crippen MR) is 55.5 cm³/mol. The third-order valence-corrected chi connectivity index (χ3v) is 2.00. The lowest BCUT2D eigenvalue weighted by atomic mass is 10.1. The van der Waals surface area contributed by atoms with E-state index in [4.69, 9.17) is 5.11 Å². The van der Waals surface area contributed by atoms with Gasteiger partial charge in [0.15, 0.2) is 11.9 Å². The van der Waals surface area contributed by atoms with Gasteiger partial charge in [-0.3, -0.25) is 4.79 Å². The largest absolute Gasteiger partial charge is 0.573 e. The minimum Gasteiger partial charge on any atom is -0.492 e. The smallest absolute Gasteiger partial charge is 0.492 e. The quantitative estimate of drug-likeness (QED) is 0.647. The average molecular weight is 296 g/mol. The first-order valence-electron chi connectivity index (χ1n) is 4.83. The topological polar surface area (TPSA) is 112 Å². The predicted octanol–water partition coefficient (Wildman–Crippen LogP) is 1.52. The van der Waals surface area contributed by atoms with E-state index in [1.807, 2.05) is 0 Å². The van der Waals surface area contributed by atoms with Crippen LogP contribution in [0.3, 0.4) is 0 Å². The molecular weight excluding hydrogens is 289 g/mol. The van der Waals surface area contributed by atoms with E-state index in [9.17, 15) is 28.1 Å². The summed E-state index contributed by atoms with van der Waals surface area (Å²) in [4.78, 5) is 23.5. The molecule has 0 saturated heterocycles. The van der Waals surface area contributed by atoms with Crippen LogP contribution in [0.4, 0.5) is 19.0 Å². The SMILES string of the molecule is COc1c(OC(F)(F)F)cnc([N+](=O)[O-])c1CC(=O)O. The first-order valence-corrected chi connectivity index (χ1v) is 4.83. The fourth-order valence-electron chi connectivity index (χ4n) is 1.40. The van der Waals surface area contributed by atoms with Crippen molar-refractivity contribution in [3.05, 3.63) is 21.9 Å². The first kappa shape index (κ1) is 15.5. The standard InChI is InChI=1S/C9H7F3N2O6/c1-19-7-4(2-6(15)16)8(14(17)18)13-3-5(7)20-9(10,11)12/h3H,2H2,1H3,(H,15,16). The van der Waals surface area contributed by atoms with Gasteiger partial charge in [0.25, 0.3) is 0 Å². The van der Waals surface area contributed by atoms with Gasteiger partial charge in [0.05, 0.1) is 13.5 Å². The van der Waals surface area contributed by atoms with Crippen molar-refractivity contribution < 1.29 is 37.5 Å². The summed E-state index contributed by atoms with van der Waals surface area (Å²) in [6.45, 7) is 0. The molecule has 1 aromatic rings. The molecular formula is C9H7F3N2O6. The summed E-state index contributed by atoms with van der Waals surface area (Å²) in [7, 11) is 0.924. The molecule has 0 aromatic carbocycles. The highest BCUT2D eigenvalue weighted by Crippen LogP contribution is 2.38. The highest BCUT2D eigenvalue weighted by Gasteiger charge is 2.36. The fraction of sp³-hybridized carbons (Fsp3) is 0.333. The van der Waals surface area contributed by atoms with Gasteiger partial charge in [-0.1, -0.05) is 0 Å². The van der Waals surface area contributed by atoms with E-state index in [0.29, 0.717) is 6.20 Å². The molecule has 0 unspecified atom stereocenters. The van der Waals surface area contributed by atoms with Gasteiger partial charge in [-0.2, -0.15) is 0 Å². The molecule has 0 aliphatic heterocycles. The van der Waals surface area contributed by atoms with Crippen molar-refractivity contribution in [2.45, 2.75) is 12.8 Å². The van der Waals surface area contributed by atoms with Crippen molar-refractivity contribution >= 4 is 11.8 Å². The zero-order valence-corrected chi connectivity index (χ0v) is 9.80. The number of rotatable bonds is 5. The van der Waals surface area contributed by atoms with Crippen molar-refractivity contribution in [1.29, 1.82) is 0 Å². The Bertz CT molecular complexity index is 545. The van der Waals surface area contributed by atoms with Crippen LogP contribution in [0.15, 0.2) is 6.20 Å².